The van der Waals surface area contributed by atoms with Gasteiger partial charge in [0.25, 0.3) is 0 Å². The van der Waals surface area contributed by atoms with Crippen LogP contribution >= 0.6 is 15.6 Å². The molecule has 19 heteroatoms. The van der Waals surface area contributed by atoms with Crippen molar-refractivity contribution in [3.63, 3.8) is 0 Å². The highest BCUT2D eigenvalue weighted by atomic mass is 31.2. The Kier molecular flexibility index (Phi) is 71.5. The maximum absolute atomic E-state index is 13.1. The van der Waals surface area contributed by atoms with Crippen LogP contribution in [0, 0.1) is 23.7 Å². The van der Waals surface area contributed by atoms with Crippen molar-refractivity contribution in [1.82, 2.24) is 0 Å². The van der Waals surface area contributed by atoms with Crippen molar-refractivity contribution in [2.45, 2.75) is 453 Å². The lowest BCUT2D eigenvalue weighted by molar-refractivity contribution is -0.161. The van der Waals surface area contributed by atoms with Crippen LogP contribution in [0.5, 0.6) is 0 Å². The minimum Gasteiger partial charge on any atom is -0.462 e. The zero-order valence-electron chi connectivity index (χ0n) is 68.0. The van der Waals surface area contributed by atoms with Gasteiger partial charge in [0.2, 0.25) is 0 Å². The van der Waals surface area contributed by atoms with Crippen molar-refractivity contribution in [2.24, 2.45) is 23.7 Å². The molecule has 0 rings (SSSR count). The number of phosphoric acid groups is 2. The predicted octanol–water partition coefficient (Wildman–Crippen LogP) is 25.2. The third-order valence-corrected chi connectivity index (χ3v) is 21.5. The molecule has 0 spiro atoms. The van der Waals surface area contributed by atoms with Gasteiger partial charge in [0, 0.05) is 25.7 Å². The molecule has 0 aromatic heterocycles. The van der Waals surface area contributed by atoms with Gasteiger partial charge in [-0.05, 0) is 49.4 Å². The van der Waals surface area contributed by atoms with Crippen LogP contribution in [0.3, 0.4) is 0 Å². The van der Waals surface area contributed by atoms with E-state index >= 15 is 0 Å². The minimum atomic E-state index is -4.96. The molecule has 0 aliphatic rings. The normalized spacial score (nSPS) is 14.0. The van der Waals surface area contributed by atoms with Crippen LogP contribution in [0.4, 0.5) is 0 Å². The molecule has 0 aromatic rings. The van der Waals surface area contributed by atoms with Gasteiger partial charge >= 0.3 is 39.5 Å². The Morgan fingerprint density at radius 2 is 0.408 bits per heavy atom. The van der Waals surface area contributed by atoms with Gasteiger partial charge in [0.05, 0.1) is 26.4 Å². The topological polar surface area (TPSA) is 237 Å². The van der Waals surface area contributed by atoms with Gasteiger partial charge in [-0.2, -0.15) is 0 Å². The maximum atomic E-state index is 13.1. The predicted molar refractivity (Wildman–Crippen MR) is 423 cm³/mol. The van der Waals surface area contributed by atoms with Gasteiger partial charge in [-0.1, -0.05) is 383 Å². The Balaban J connectivity index is 5.19. The summed E-state index contributed by atoms with van der Waals surface area (Å²) in [6.07, 6.45) is 61.3. The molecule has 0 amide bonds. The molecule has 0 heterocycles. The summed E-state index contributed by atoms with van der Waals surface area (Å²) in [5.41, 5.74) is 0. The van der Waals surface area contributed by atoms with Crippen molar-refractivity contribution in [3.8, 4) is 0 Å². The lowest BCUT2D eigenvalue weighted by atomic mass is 10.0. The molecule has 5 atom stereocenters. The quantitative estimate of drug-likeness (QED) is 0.0222. The van der Waals surface area contributed by atoms with Crippen LogP contribution in [0.1, 0.15) is 434 Å². The van der Waals surface area contributed by atoms with Gasteiger partial charge in [-0.15, -0.1) is 0 Å². The van der Waals surface area contributed by atoms with E-state index in [0.29, 0.717) is 31.6 Å². The summed E-state index contributed by atoms with van der Waals surface area (Å²) < 4.78 is 68.8. The van der Waals surface area contributed by atoms with Crippen molar-refractivity contribution in [1.29, 1.82) is 0 Å². The van der Waals surface area contributed by atoms with Gasteiger partial charge in [-0.25, -0.2) is 9.13 Å². The molecule has 612 valence electrons. The second kappa shape index (κ2) is 72.9. The van der Waals surface area contributed by atoms with Gasteiger partial charge in [0.15, 0.2) is 12.2 Å². The Bertz CT molecular complexity index is 2010. The summed E-state index contributed by atoms with van der Waals surface area (Å²) in [6.45, 7) is 14.3. The molecule has 0 radical (unpaired) electrons. The number of aliphatic hydroxyl groups excluding tert-OH is 1. The number of unbranched alkanes of at least 4 members (excludes halogenated alkanes) is 47. The number of carbonyl (C=O) groups is 4. The number of aliphatic hydroxyl groups is 1. The summed E-state index contributed by atoms with van der Waals surface area (Å²) in [5, 5.41) is 10.7. The van der Waals surface area contributed by atoms with Crippen molar-refractivity contribution in [2.75, 3.05) is 39.6 Å². The number of rotatable bonds is 81. The first kappa shape index (κ1) is 101. The standard InChI is InChI=1S/C84H164O17P2/c1-74(2)60-52-44-36-30-24-18-14-11-9-10-12-16-20-28-34-40-50-58-67-84(89)101-80(71-95-82(87)65-57-49-43-42-47-55-63-77(7)8)73-99-103(92,93)97-69-78(85)68-96-102(90,91)98-72-79(70-94-81(86)64-56-48-39-33-27-23-22-26-32-38-46-54-62-76(5)6)100-83(88)66-59-51-41-35-29-21-17-13-15-19-25-31-37-45-53-61-75(3)4/h74-80,85H,9-73H2,1-8H3,(H,90,91)(H,92,93)/t78?,79-,80-/m1/s1. The summed E-state index contributed by atoms with van der Waals surface area (Å²) in [4.78, 5) is 73.1. The first-order chi connectivity index (χ1) is 49.6. The van der Waals surface area contributed by atoms with Crippen LogP contribution in [0.2, 0.25) is 0 Å². The number of phosphoric ester groups is 2. The third kappa shape index (κ3) is 78.0. The average molecular weight is 1510 g/mol. The minimum absolute atomic E-state index is 0.107. The molecule has 0 aliphatic carbocycles. The summed E-state index contributed by atoms with van der Waals surface area (Å²) >= 11 is 0. The number of esters is 4. The highest BCUT2D eigenvalue weighted by Gasteiger charge is 2.30. The fraction of sp³-hybridized carbons (Fsp3) is 0.952. The summed E-state index contributed by atoms with van der Waals surface area (Å²) in [5.74, 6) is 0.972. The second-order valence-corrected chi connectivity index (χ2v) is 35.0. The van der Waals surface area contributed by atoms with E-state index in [2.05, 4.69) is 55.4 Å². The molecule has 103 heavy (non-hydrogen) atoms. The van der Waals surface area contributed by atoms with E-state index in [1.807, 2.05) is 0 Å². The van der Waals surface area contributed by atoms with Crippen LogP contribution in [-0.2, 0) is 65.4 Å². The van der Waals surface area contributed by atoms with Gasteiger partial charge in [-0.3, -0.25) is 37.3 Å². The number of ether oxygens (including phenoxy) is 4. The van der Waals surface area contributed by atoms with E-state index in [4.69, 9.17) is 37.0 Å². The van der Waals surface area contributed by atoms with Crippen molar-refractivity contribution < 1.29 is 80.2 Å². The molecular weight excluding hydrogens is 1340 g/mol. The van der Waals surface area contributed by atoms with Crippen molar-refractivity contribution in [3.05, 3.63) is 0 Å². The fourth-order valence-electron chi connectivity index (χ4n) is 13.0. The summed E-state index contributed by atoms with van der Waals surface area (Å²) in [7, 11) is -9.93. The second-order valence-electron chi connectivity index (χ2n) is 32.1. The SMILES string of the molecule is CC(C)CCCCCCCCCCCCCCCCCCCCC(=O)O[C@H](COC(=O)CCCCCCCCC(C)C)COP(=O)(O)OCC(O)COP(=O)(O)OC[C@@H](COC(=O)CCCCCCCCCCCCCCC(C)C)OC(=O)CCCCCCCCCCCCCCCCCC(C)C. The highest BCUT2D eigenvalue weighted by molar-refractivity contribution is 7.47. The average Bonchev–Trinajstić information content (AvgIpc) is 0.916. The Morgan fingerprint density at radius 3 is 0.602 bits per heavy atom. The van der Waals surface area contributed by atoms with E-state index in [0.717, 1.165) is 114 Å². The molecule has 0 aromatic carbocycles. The number of carbonyl (C=O) groups excluding carboxylic acids is 4. The van der Waals surface area contributed by atoms with E-state index < -0.39 is 97.5 Å². The zero-order chi connectivity index (χ0) is 76.0. The molecule has 0 fully saturated rings. The Morgan fingerprint density at radius 1 is 0.243 bits per heavy atom. The Labute approximate surface area is 632 Å². The molecule has 0 saturated heterocycles. The lowest BCUT2D eigenvalue weighted by Gasteiger charge is -2.21. The summed E-state index contributed by atoms with van der Waals surface area (Å²) in [6, 6.07) is 0. The maximum Gasteiger partial charge on any atom is 0.472 e. The molecule has 17 nitrogen and oxygen atoms in total. The molecule has 0 aliphatic heterocycles. The third-order valence-electron chi connectivity index (χ3n) is 19.6. The highest BCUT2D eigenvalue weighted by Crippen LogP contribution is 2.45. The van der Waals surface area contributed by atoms with Crippen LogP contribution in [0.25, 0.3) is 0 Å². The van der Waals surface area contributed by atoms with E-state index in [1.165, 1.54) is 231 Å². The monoisotopic (exact) mass is 1510 g/mol. The first-order valence-corrected chi connectivity index (χ1v) is 46.2. The molecule has 3 unspecified atom stereocenters. The lowest BCUT2D eigenvalue weighted by Crippen LogP contribution is -2.30. The van der Waals surface area contributed by atoms with Gasteiger partial charge in [0.1, 0.15) is 19.3 Å². The fourth-order valence-corrected chi connectivity index (χ4v) is 14.5. The molecular formula is C84H164O17P2. The van der Waals surface area contributed by atoms with E-state index in [-0.39, 0.29) is 25.7 Å². The zero-order valence-corrected chi connectivity index (χ0v) is 69.7. The smallest absolute Gasteiger partial charge is 0.462 e. The molecule has 3 N–H and O–H groups in total. The number of hydrogen-bond donors (Lipinski definition) is 3. The first-order valence-electron chi connectivity index (χ1n) is 43.2. The van der Waals surface area contributed by atoms with Crippen LogP contribution in [0.15, 0.2) is 0 Å². The number of hydrogen-bond acceptors (Lipinski definition) is 15. The van der Waals surface area contributed by atoms with Gasteiger partial charge < -0.3 is 33.8 Å². The molecule has 0 saturated carbocycles. The van der Waals surface area contributed by atoms with Crippen molar-refractivity contribution >= 4 is 39.5 Å². The van der Waals surface area contributed by atoms with Crippen LogP contribution < -0.4 is 0 Å². The Hall–Kier alpha value is -1.94. The molecule has 0 bridgehead atoms. The van der Waals surface area contributed by atoms with E-state index in [9.17, 15) is 43.2 Å². The van der Waals surface area contributed by atoms with Crippen LogP contribution in [-0.4, -0.2) is 96.7 Å². The van der Waals surface area contributed by atoms with E-state index in [1.54, 1.807) is 0 Å². The largest absolute Gasteiger partial charge is 0.472 e.